The molecule has 1 N–H and O–H groups in total. The lowest BCUT2D eigenvalue weighted by Crippen LogP contribution is -2.60. The van der Waals surface area contributed by atoms with Crippen LogP contribution in [0.2, 0.25) is 39.3 Å². The van der Waals surface area contributed by atoms with E-state index in [-0.39, 0.29) is 50.9 Å². The van der Waals surface area contributed by atoms with Crippen LogP contribution < -0.4 is 11.0 Å². The second-order valence-corrected chi connectivity index (χ2v) is 31.9. The number of rotatable bonds is 28. The van der Waals surface area contributed by atoms with Gasteiger partial charge in [-0.1, -0.05) is 60.7 Å². The number of hydrogen-bond donors (Lipinski definition) is 1. The van der Waals surface area contributed by atoms with Gasteiger partial charge in [0.25, 0.3) is 6.48 Å². The predicted molar refractivity (Wildman–Crippen MR) is 267 cm³/mol. The summed E-state index contributed by atoms with van der Waals surface area (Å²) in [5.74, 6) is -1.42. The maximum Gasteiger partial charge on any atom is 0.659 e. The molecule has 0 aliphatic carbocycles. The Morgan fingerprint density at radius 3 is 1.71 bits per heavy atom. The number of ether oxygens (including phenoxy) is 6. The monoisotopic (exact) mass is 1040 g/mol. The number of carbonyl (C=O) groups excluding carboxylic acids is 3. The van der Waals surface area contributed by atoms with E-state index in [1.165, 1.54) is 37.6 Å². The third-order valence-electron chi connectivity index (χ3n) is 9.66. The molecule has 5 atom stereocenters. The number of nitrogens with one attached hydrogen (secondary N) is 1. The molecule has 1 aromatic heterocycles. The van der Waals surface area contributed by atoms with Gasteiger partial charge in [-0.15, -0.1) is 0 Å². The van der Waals surface area contributed by atoms with Crippen molar-refractivity contribution in [1.82, 2.24) is 14.2 Å². The van der Waals surface area contributed by atoms with Gasteiger partial charge in [0.15, 0.2) is 22.9 Å². The minimum absolute atomic E-state index is 0.0280. The van der Waals surface area contributed by atoms with Gasteiger partial charge in [0.1, 0.15) is 51.7 Å². The summed E-state index contributed by atoms with van der Waals surface area (Å²) in [6.07, 6.45) is -3.78. The molecule has 1 amide bonds. The average molecular weight is 1040 g/mol. The van der Waals surface area contributed by atoms with E-state index >= 15 is 0 Å². The minimum atomic E-state index is -4.25. The highest BCUT2D eigenvalue weighted by atomic mass is 31.2. The van der Waals surface area contributed by atoms with E-state index in [0.717, 1.165) is 11.1 Å². The first kappa shape index (κ1) is 58.0. The van der Waals surface area contributed by atoms with Crippen molar-refractivity contribution in [2.75, 3.05) is 45.0 Å². The number of esters is 2. The molecule has 2 unspecified atom stereocenters. The normalized spacial score (nSPS) is 18.4. The van der Waals surface area contributed by atoms with Crippen molar-refractivity contribution >= 4 is 57.6 Å². The molecular formula is C46H73N4O15PSi3. The predicted octanol–water partition coefficient (Wildman–Crippen LogP) is 7.33. The van der Waals surface area contributed by atoms with Crippen LogP contribution in [0.1, 0.15) is 71.9 Å². The largest absolute Gasteiger partial charge is 0.659 e. The summed E-state index contributed by atoms with van der Waals surface area (Å²) in [4.78, 5) is 53.4. The standard InChI is InChI=1S/C46H73N4O15PSi3/c1-32(2)50(33(3)4)66(8)62-42-39(31-59-69(64-67(9,10)11,65-68(12,13)14)63-41(37-21-17-15-18-22-37)38-23-19-16-20-24-38)60-44(49-26-25-40(47-34(5)51)48-45(49)54)43(42)61-46(57-29-27-55-35(6)52)58-30-28-56-36(7)53/h15-26,32-33,39,41-44,46H,27-31H2,1-14H3,(H,47,48,51,54)/t39-,42+,43?,44-,66?/m1/s1. The number of aromatic nitrogens is 2. The van der Waals surface area contributed by atoms with Crippen LogP contribution in [0.15, 0.2) is 77.7 Å². The van der Waals surface area contributed by atoms with Crippen molar-refractivity contribution in [3.05, 3.63) is 94.5 Å². The molecule has 2 aromatic carbocycles. The van der Waals surface area contributed by atoms with Gasteiger partial charge in [-0.05, 0) is 90.8 Å². The summed E-state index contributed by atoms with van der Waals surface area (Å²) in [5.41, 5.74) is 0.936. The number of nitrogens with zero attached hydrogens (tertiary/aromatic N) is 3. The molecular weight excluding hydrogens is 964 g/mol. The van der Waals surface area contributed by atoms with Gasteiger partial charge >= 0.3 is 26.7 Å². The van der Waals surface area contributed by atoms with E-state index in [4.69, 9.17) is 50.0 Å². The van der Waals surface area contributed by atoms with Crippen LogP contribution in [0.4, 0.5) is 5.82 Å². The number of anilines is 1. The van der Waals surface area contributed by atoms with Crippen LogP contribution in [0.25, 0.3) is 0 Å². The topological polar surface area (TPSA) is 203 Å². The van der Waals surface area contributed by atoms with E-state index in [9.17, 15) is 19.2 Å². The summed E-state index contributed by atoms with van der Waals surface area (Å²) in [7, 11) is -10.8. The fraction of sp³-hybridized carbons (Fsp3) is 0.587. The number of amides is 1. The Hall–Kier alpha value is -3.59. The second-order valence-electron chi connectivity index (χ2n) is 18.7. The lowest BCUT2D eigenvalue weighted by molar-refractivity contribution is -0.320. The third-order valence-corrected chi connectivity index (χ3v) is 19.7. The summed E-state index contributed by atoms with van der Waals surface area (Å²) in [5, 5.41) is 2.55. The zero-order valence-corrected chi connectivity index (χ0v) is 46.4. The Bertz CT molecular complexity index is 2050. The molecule has 1 fully saturated rings. The Morgan fingerprint density at radius 2 is 1.28 bits per heavy atom. The summed E-state index contributed by atoms with van der Waals surface area (Å²) in [6, 6.07) is 21.2. The fourth-order valence-electron chi connectivity index (χ4n) is 7.41. The highest BCUT2D eigenvalue weighted by Crippen LogP contribution is 2.47. The van der Waals surface area contributed by atoms with Gasteiger partial charge in [0.05, 0.1) is 19.8 Å². The molecule has 3 aromatic rings. The molecule has 384 valence electrons. The lowest BCUT2D eigenvalue weighted by atomic mass is 10.0. The van der Waals surface area contributed by atoms with Crippen molar-refractivity contribution in [3.63, 3.8) is 0 Å². The second kappa shape index (κ2) is 26.7. The molecule has 1 saturated heterocycles. The van der Waals surface area contributed by atoms with Gasteiger partial charge < -0.3 is 55.3 Å². The molecule has 1 aliphatic heterocycles. The van der Waals surface area contributed by atoms with E-state index in [0.29, 0.717) is 0 Å². The number of benzene rings is 2. The third kappa shape index (κ3) is 19.2. The van der Waals surface area contributed by atoms with Gasteiger partial charge in [0.2, 0.25) is 5.91 Å². The molecule has 2 heterocycles. The summed E-state index contributed by atoms with van der Waals surface area (Å²) >= 11 is 0. The maximum absolute atomic E-state index is 14.0. The summed E-state index contributed by atoms with van der Waals surface area (Å²) in [6.45, 7) is 24.0. The first-order valence-corrected chi connectivity index (χ1v) is 33.2. The van der Waals surface area contributed by atoms with E-state index in [1.54, 1.807) is 0 Å². The highest BCUT2D eigenvalue weighted by Gasteiger charge is 2.57. The van der Waals surface area contributed by atoms with E-state index in [1.807, 2.05) is 107 Å². The van der Waals surface area contributed by atoms with E-state index < -0.39 is 94.6 Å². The Morgan fingerprint density at radius 1 is 0.768 bits per heavy atom. The highest BCUT2D eigenvalue weighted by molar-refractivity contribution is 7.49. The van der Waals surface area contributed by atoms with Crippen LogP contribution >= 0.6 is 8.30 Å². The van der Waals surface area contributed by atoms with Crippen LogP contribution in [0.5, 0.6) is 0 Å². The average Bonchev–Trinajstić information content (AvgIpc) is 3.56. The molecule has 1 aliphatic rings. The smallest absolute Gasteiger partial charge is 0.463 e. The maximum atomic E-state index is 14.0. The van der Waals surface area contributed by atoms with Crippen molar-refractivity contribution in [2.24, 2.45) is 0 Å². The van der Waals surface area contributed by atoms with Crippen molar-refractivity contribution in [3.8, 4) is 0 Å². The fourth-order valence-corrected chi connectivity index (χ4v) is 17.8. The van der Waals surface area contributed by atoms with Gasteiger partial charge in [0, 0.05) is 39.1 Å². The van der Waals surface area contributed by atoms with E-state index in [2.05, 4.69) is 42.7 Å². The van der Waals surface area contributed by atoms with Crippen molar-refractivity contribution in [2.45, 2.75) is 137 Å². The molecule has 0 saturated carbocycles. The van der Waals surface area contributed by atoms with Gasteiger partial charge in [-0.3, -0.25) is 23.6 Å². The molecule has 69 heavy (non-hydrogen) atoms. The Labute approximate surface area is 411 Å². The Kier molecular flexibility index (Phi) is 22.5. The zero-order chi connectivity index (χ0) is 51.1. The SMILES string of the molecule is CC(=O)Nc1ccn([C@@H]2O[C@H](CO[Si](OC(c3ccccc3)c3ccccc3)(O[Si](C)(C)C)O[Si](C)(C)C)[C@H](OP(C)N(C(C)C)C(C)C)C2OC(OCCOC(C)=O)OCCOC(C)=O)c(=O)n1. The van der Waals surface area contributed by atoms with Crippen LogP contribution in [-0.2, 0) is 64.4 Å². The van der Waals surface area contributed by atoms with Gasteiger partial charge in [-0.2, -0.15) is 4.98 Å². The first-order valence-electron chi connectivity index (χ1n) is 23.1. The molecule has 4 rings (SSSR count). The van der Waals surface area contributed by atoms with Crippen LogP contribution in [-0.4, -0.2) is 134 Å². The lowest BCUT2D eigenvalue weighted by Gasteiger charge is -2.41. The quantitative estimate of drug-likeness (QED) is 0.0249. The molecule has 0 bridgehead atoms. The van der Waals surface area contributed by atoms with Crippen LogP contribution in [0, 0.1) is 0 Å². The molecule has 19 nitrogen and oxygen atoms in total. The molecule has 0 spiro atoms. The van der Waals surface area contributed by atoms with Crippen molar-refractivity contribution < 1.29 is 64.4 Å². The Balaban J connectivity index is 1.92. The molecule has 23 heteroatoms. The molecule has 0 radical (unpaired) electrons. The first-order chi connectivity index (χ1) is 32.4. The zero-order valence-electron chi connectivity index (χ0n) is 42.5. The van der Waals surface area contributed by atoms with Crippen LogP contribution in [0.3, 0.4) is 0 Å². The number of carbonyl (C=O) groups is 3. The minimum Gasteiger partial charge on any atom is -0.463 e. The van der Waals surface area contributed by atoms with Crippen molar-refractivity contribution in [1.29, 1.82) is 0 Å². The summed E-state index contributed by atoms with van der Waals surface area (Å²) < 4.78 is 74.9. The number of hydrogen-bond acceptors (Lipinski definition) is 17. The van der Waals surface area contributed by atoms with Gasteiger partial charge in [-0.25, -0.2) is 4.79 Å².